The minimum atomic E-state index is -0.292. The van der Waals surface area contributed by atoms with Crippen molar-refractivity contribution in [3.8, 4) is 11.1 Å². The zero-order chi connectivity index (χ0) is 25.2. The molecule has 0 unspecified atom stereocenters. The molecule has 0 N–H and O–H groups in total. The minimum absolute atomic E-state index is 0.0312. The van der Waals surface area contributed by atoms with Gasteiger partial charge in [0.05, 0.1) is 18.9 Å². The Labute approximate surface area is 214 Å². The van der Waals surface area contributed by atoms with E-state index in [1.165, 1.54) is 6.07 Å². The van der Waals surface area contributed by atoms with Crippen molar-refractivity contribution >= 4 is 28.6 Å². The standard InChI is InChI=1S/C27H28FN7O2/c28-23-5-1-4-22(21-17-30-27(31-18-21)34-13-15-37-16-14-34)25(23)33-11-9-32(10-12-33)24(36)19-35-8-6-20-3-2-7-29-26(20)35/h1-8,17-18H,9-16,19H2. The zero-order valence-electron chi connectivity index (χ0n) is 20.5. The van der Waals surface area contributed by atoms with E-state index in [1.54, 1.807) is 24.7 Å². The van der Waals surface area contributed by atoms with Gasteiger partial charge in [-0.3, -0.25) is 4.79 Å². The highest BCUT2D eigenvalue weighted by molar-refractivity contribution is 5.82. The largest absolute Gasteiger partial charge is 0.378 e. The van der Waals surface area contributed by atoms with Gasteiger partial charge in [0.1, 0.15) is 18.0 Å². The summed E-state index contributed by atoms with van der Waals surface area (Å²) in [5, 5.41) is 1.01. The molecular weight excluding hydrogens is 473 g/mol. The van der Waals surface area contributed by atoms with Gasteiger partial charge in [0.15, 0.2) is 0 Å². The lowest BCUT2D eigenvalue weighted by atomic mass is 10.0. The van der Waals surface area contributed by atoms with Crippen LogP contribution in [0.2, 0.25) is 0 Å². The maximum atomic E-state index is 15.2. The summed E-state index contributed by atoms with van der Waals surface area (Å²) in [7, 11) is 0. The fourth-order valence-electron chi connectivity index (χ4n) is 5.03. The van der Waals surface area contributed by atoms with Gasteiger partial charge in [-0.25, -0.2) is 19.3 Å². The first-order valence-corrected chi connectivity index (χ1v) is 12.5. The highest BCUT2D eigenvalue weighted by Crippen LogP contribution is 2.34. The van der Waals surface area contributed by atoms with E-state index in [0.717, 1.165) is 35.2 Å². The summed E-state index contributed by atoms with van der Waals surface area (Å²) in [5.74, 6) is 0.394. The average Bonchev–Trinajstić information content (AvgIpc) is 3.36. The van der Waals surface area contributed by atoms with Crippen LogP contribution in [0.15, 0.2) is 61.2 Å². The lowest BCUT2D eigenvalue weighted by Gasteiger charge is -2.37. The number of amides is 1. The van der Waals surface area contributed by atoms with Gasteiger partial charge < -0.3 is 24.0 Å². The molecule has 0 saturated carbocycles. The Bertz CT molecular complexity index is 1390. The van der Waals surface area contributed by atoms with Gasteiger partial charge in [0.25, 0.3) is 0 Å². The molecule has 2 fully saturated rings. The Balaban J connectivity index is 1.15. The minimum Gasteiger partial charge on any atom is -0.378 e. The molecule has 37 heavy (non-hydrogen) atoms. The second-order valence-corrected chi connectivity index (χ2v) is 9.23. The zero-order valence-corrected chi connectivity index (χ0v) is 20.5. The summed E-state index contributed by atoms with van der Waals surface area (Å²) in [5.41, 5.74) is 2.83. The highest BCUT2D eigenvalue weighted by atomic mass is 19.1. The van der Waals surface area contributed by atoms with Crippen LogP contribution in [0.1, 0.15) is 0 Å². The fraction of sp³-hybridized carbons (Fsp3) is 0.333. The molecule has 4 aromatic rings. The molecule has 0 atom stereocenters. The van der Waals surface area contributed by atoms with E-state index in [9.17, 15) is 4.79 Å². The number of halogens is 1. The molecule has 6 rings (SSSR count). The lowest BCUT2D eigenvalue weighted by molar-refractivity contribution is -0.132. The normalized spacial score (nSPS) is 16.4. The number of ether oxygens (including phenoxy) is 1. The summed E-state index contributed by atoms with van der Waals surface area (Å²) < 4.78 is 22.4. The Kier molecular flexibility index (Phi) is 6.40. The van der Waals surface area contributed by atoms with Crippen molar-refractivity contribution in [1.82, 2.24) is 24.4 Å². The van der Waals surface area contributed by atoms with Gasteiger partial charge in [-0.1, -0.05) is 12.1 Å². The molecule has 0 radical (unpaired) electrons. The van der Waals surface area contributed by atoms with Crippen molar-refractivity contribution in [1.29, 1.82) is 0 Å². The first kappa shape index (κ1) is 23.4. The first-order valence-electron chi connectivity index (χ1n) is 12.5. The summed E-state index contributed by atoms with van der Waals surface area (Å²) in [6.07, 6.45) is 7.13. The third-order valence-electron chi connectivity index (χ3n) is 7.01. The van der Waals surface area contributed by atoms with E-state index in [2.05, 4.69) is 19.9 Å². The number of morpholine rings is 1. The monoisotopic (exact) mass is 501 g/mol. The van der Waals surface area contributed by atoms with E-state index in [0.29, 0.717) is 51.0 Å². The molecule has 0 aliphatic carbocycles. The van der Waals surface area contributed by atoms with Crippen molar-refractivity contribution in [2.75, 3.05) is 62.3 Å². The number of nitrogens with zero attached hydrogens (tertiary/aromatic N) is 7. The molecule has 5 heterocycles. The number of carbonyl (C=O) groups is 1. The maximum Gasteiger partial charge on any atom is 0.242 e. The van der Waals surface area contributed by atoms with E-state index < -0.39 is 0 Å². The van der Waals surface area contributed by atoms with Crippen molar-refractivity contribution in [2.24, 2.45) is 0 Å². The molecule has 0 bridgehead atoms. The van der Waals surface area contributed by atoms with Gasteiger partial charge in [-0.2, -0.15) is 0 Å². The number of anilines is 2. The van der Waals surface area contributed by atoms with Crippen LogP contribution >= 0.6 is 0 Å². The third kappa shape index (κ3) is 4.72. The average molecular weight is 502 g/mol. The molecule has 9 nitrogen and oxygen atoms in total. The molecule has 3 aromatic heterocycles. The van der Waals surface area contributed by atoms with Crippen molar-refractivity contribution in [2.45, 2.75) is 6.54 Å². The van der Waals surface area contributed by atoms with Crippen molar-refractivity contribution in [3.05, 3.63) is 67.0 Å². The van der Waals surface area contributed by atoms with Gasteiger partial charge in [0, 0.05) is 80.6 Å². The highest BCUT2D eigenvalue weighted by Gasteiger charge is 2.26. The Morgan fingerprint density at radius 2 is 1.68 bits per heavy atom. The summed E-state index contributed by atoms with van der Waals surface area (Å²) in [6, 6.07) is 10.9. The number of hydrogen-bond donors (Lipinski definition) is 0. The quantitative estimate of drug-likeness (QED) is 0.416. The maximum absolute atomic E-state index is 15.2. The first-order chi connectivity index (χ1) is 18.2. The molecule has 1 amide bonds. The van der Waals surface area contributed by atoms with Crippen LogP contribution in [0.5, 0.6) is 0 Å². The Hall–Kier alpha value is -4.05. The van der Waals surface area contributed by atoms with Gasteiger partial charge in [-0.15, -0.1) is 0 Å². The van der Waals surface area contributed by atoms with Crippen molar-refractivity contribution in [3.63, 3.8) is 0 Å². The second kappa shape index (κ2) is 10.1. The number of fused-ring (bicyclic) bond motifs is 1. The van der Waals surface area contributed by atoms with Crippen LogP contribution in [-0.2, 0) is 16.1 Å². The molecule has 2 saturated heterocycles. The van der Waals surface area contributed by atoms with Crippen LogP contribution in [0.4, 0.5) is 16.0 Å². The van der Waals surface area contributed by atoms with E-state index in [1.807, 2.05) is 44.8 Å². The summed E-state index contributed by atoms with van der Waals surface area (Å²) in [4.78, 5) is 32.4. The number of para-hydroxylation sites is 1. The Morgan fingerprint density at radius 1 is 0.892 bits per heavy atom. The molecule has 2 aliphatic heterocycles. The van der Waals surface area contributed by atoms with E-state index in [-0.39, 0.29) is 18.3 Å². The number of benzene rings is 1. The number of carbonyl (C=O) groups excluding carboxylic acids is 1. The molecule has 2 aliphatic rings. The number of rotatable bonds is 5. The predicted octanol–water partition coefficient (Wildman–Crippen LogP) is 2.82. The van der Waals surface area contributed by atoms with Gasteiger partial charge in [0.2, 0.25) is 11.9 Å². The van der Waals surface area contributed by atoms with Gasteiger partial charge in [-0.05, 0) is 24.3 Å². The third-order valence-corrected chi connectivity index (χ3v) is 7.01. The molecule has 1 aromatic carbocycles. The fourth-order valence-corrected chi connectivity index (χ4v) is 5.03. The topological polar surface area (TPSA) is 79.6 Å². The van der Waals surface area contributed by atoms with Crippen LogP contribution in [0, 0.1) is 5.82 Å². The van der Waals surface area contributed by atoms with Crippen LogP contribution in [-0.4, -0.2) is 82.8 Å². The number of hydrogen-bond acceptors (Lipinski definition) is 7. The van der Waals surface area contributed by atoms with E-state index in [4.69, 9.17) is 4.74 Å². The molecule has 10 heteroatoms. The smallest absolute Gasteiger partial charge is 0.242 e. The lowest BCUT2D eigenvalue weighted by Crippen LogP contribution is -2.50. The van der Waals surface area contributed by atoms with Crippen LogP contribution in [0.3, 0.4) is 0 Å². The SMILES string of the molecule is O=C(Cn1ccc2cccnc21)N1CCN(c2c(F)cccc2-c2cnc(N3CCOCC3)nc2)CC1. The van der Waals surface area contributed by atoms with E-state index >= 15 is 4.39 Å². The number of aromatic nitrogens is 4. The molecular formula is C27H28FN7O2. The van der Waals surface area contributed by atoms with Crippen LogP contribution in [0.25, 0.3) is 22.2 Å². The second-order valence-electron chi connectivity index (χ2n) is 9.23. The van der Waals surface area contributed by atoms with Gasteiger partial charge >= 0.3 is 0 Å². The van der Waals surface area contributed by atoms with Crippen LogP contribution < -0.4 is 9.80 Å². The van der Waals surface area contributed by atoms with Crippen molar-refractivity contribution < 1.29 is 13.9 Å². The predicted molar refractivity (Wildman–Crippen MR) is 139 cm³/mol. The summed E-state index contributed by atoms with van der Waals surface area (Å²) in [6.45, 7) is 5.18. The summed E-state index contributed by atoms with van der Waals surface area (Å²) >= 11 is 0. The molecule has 190 valence electrons. The molecule has 0 spiro atoms. The number of pyridine rings is 1. The number of piperazine rings is 1. The Morgan fingerprint density at radius 3 is 2.46 bits per heavy atom.